The molecule has 2 aromatic carbocycles. The summed E-state index contributed by atoms with van der Waals surface area (Å²) in [7, 11) is -3.00. The van der Waals surface area contributed by atoms with E-state index >= 15 is 0 Å². The van der Waals surface area contributed by atoms with Gasteiger partial charge >= 0.3 is 0 Å². The number of rotatable bonds is 1. The number of hydrogen-bond acceptors (Lipinski definition) is 7. The number of carbonyl (C=O) groups excluding carboxylic acids is 1. The highest BCUT2D eigenvalue weighted by atomic mass is 35.5. The summed E-state index contributed by atoms with van der Waals surface area (Å²) >= 11 is 6.45. The lowest BCUT2D eigenvalue weighted by atomic mass is 9.63. The molecular formula is C37H43ClN4O4S. The molecular weight excluding hydrogens is 632 g/mol. The first-order valence-electron chi connectivity index (χ1n) is 16.7. The Labute approximate surface area is 282 Å². The molecule has 4 aliphatic rings. The van der Waals surface area contributed by atoms with Gasteiger partial charge in [0.15, 0.2) is 5.82 Å². The number of anilines is 1. The number of aryl methyl sites for hydroxylation is 1. The molecule has 2 bridgehead atoms. The molecule has 1 spiro atoms. The fourth-order valence-electron chi connectivity index (χ4n) is 8.11. The molecule has 0 saturated heterocycles. The molecule has 2 aliphatic heterocycles. The van der Waals surface area contributed by atoms with Crippen LogP contribution in [-0.4, -0.2) is 56.0 Å². The van der Waals surface area contributed by atoms with Gasteiger partial charge in [-0.1, -0.05) is 30.7 Å². The van der Waals surface area contributed by atoms with E-state index in [1.165, 1.54) is 11.1 Å². The van der Waals surface area contributed by atoms with Crippen molar-refractivity contribution in [1.29, 1.82) is 0 Å². The highest BCUT2D eigenvalue weighted by Crippen LogP contribution is 2.50. The van der Waals surface area contributed by atoms with Crippen LogP contribution in [0.2, 0.25) is 5.02 Å². The number of aliphatic hydroxyl groups is 1. The van der Waals surface area contributed by atoms with Crippen molar-refractivity contribution >= 4 is 38.8 Å². The van der Waals surface area contributed by atoms with Crippen LogP contribution in [0, 0.1) is 17.8 Å². The quantitative estimate of drug-likeness (QED) is 0.246. The molecule has 7 rings (SSSR count). The largest absolute Gasteiger partial charge is 0.490 e. The number of halogens is 1. The van der Waals surface area contributed by atoms with Crippen molar-refractivity contribution in [2.45, 2.75) is 68.6 Å². The highest BCUT2D eigenvalue weighted by Gasteiger charge is 2.50. The Kier molecular flexibility index (Phi) is 8.38. The van der Waals surface area contributed by atoms with Gasteiger partial charge in [-0.3, -0.25) is 9.52 Å². The first-order valence-corrected chi connectivity index (χ1v) is 18.8. The van der Waals surface area contributed by atoms with Crippen LogP contribution >= 0.6 is 11.6 Å². The predicted octanol–water partition coefficient (Wildman–Crippen LogP) is 5.86. The second-order valence-corrected chi connectivity index (χ2v) is 16.9. The minimum absolute atomic E-state index is 0.0806. The Morgan fingerprint density at radius 2 is 1.96 bits per heavy atom. The van der Waals surface area contributed by atoms with Crippen LogP contribution in [0.1, 0.15) is 73.3 Å². The van der Waals surface area contributed by atoms with Crippen LogP contribution in [0.25, 0.3) is 0 Å². The van der Waals surface area contributed by atoms with Gasteiger partial charge in [0, 0.05) is 52.7 Å². The minimum atomic E-state index is -3.00. The summed E-state index contributed by atoms with van der Waals surface area (Å²) < 4.78 is 23.2. The van der Waals surface area contributed by atoms with E-state index in [0.717, 1.165) is 42.8 Å². The molecule has 3 aromatic rings. The smallest absolute Gasteiger partial charge is 0.262 e. The molecule has 3 heterocycles. The summed E-state index contributed by atoms with van der Waals surface area (Å²) in [6.45, 7) is 5.67. The van der Waals surface area contributed by atoms with Crippen LogP contribution in [0.3, 0.4) is 0 Å². The van der Waals surface area contributed by atoms with Crippen molar-refractivity contribution in [3.63, 3.8) is 0 Å². The molecule has 2 N–H and O–H groups in total. The zero-order valence-corrected chi connectivity index (χ0v) is 28.6. The molecule has 0 radical (unpaired) electrons. The van der Waals surface area contributed by atoms with E-state index in [0.29, 0.717) is 43.3 Å². The number of benzene rings is 2. The van der Waals surface area contributed by atoms with E-state index in [-0.39, 0.29) is 23.2 Å². The van der Waals surface area contributed by atoms with Crippen molar-refractivity contribution in [2.75, 3.05) is 24.6 Å². The molecule has 1 saturated carbocycles. The molecule has 1 aromatic heterocycles. The SMILES string of the molecule is C=S1(=O)NC(=O)c2ccc3c(c2)N(C[C@@H]2CC[C@H]2[C@@](O)(c2ncccn2)/C=C/C[C@H](C)[C@H]1C)C[C@@]1(CCCc2cc(Cl)ccc21)CO3. The maximum Gasteiger partial charge on any atom is 0.262 e. The Bertz CT molecular complexity index is 1820. The number of nitrogens with one attached hydrogen (secondary N) is 1. The fourth-order valence-corrected chi connectivity index (χ4v) is 9.79. The van der Waals surface area contributed by atoms with Crippen LogP contribution in [0.4, 0.5) is 5.69 Å². The number of hydrogen-bond donors (Lipinski definition) is 2. The maximum absolute atomic E-state index is 13.8. The number of aromatic nitrogens is 2. The number of carbonyl (C=O) groups is 1. The van der Waals surface area contributed by atoms with E-state index in [4.69, 9.17) is 16.3 Å². The lowest BCUT2D eigenvalue weighted by Gasteiger charge is -2.48. The van der Waals surface area contributed by atoms with Gasteiger partial charge in [0.05, 0.1) is 22.0 Å². The van der Waals surface area contributed by atoms with Crippen molar-refractivity contribution in [1.82, 2.24) is 14.7 Å². The minimum Gasteiger partial charge on any atom is -0.490 e. The monoisotopic (exact) mass is 674 g/mol. The number of nitrogens with zero attached hydrogens (tertiary/aromatic N) is 3. The molecule has 47 heavy (non-hydrogen) atoms. The first-order chi connectivity index (χ1) is 22.5. The second kappa shape index (κ2) is 12.2. The van der Waals surface area contributed by atoms with Gasteiger partial charge in [0.25, 0.3) is 5.91 Å². The Balaban J connectivity index is 1.35. The summed E-state index contributed by atoms with van der Waals surface area (Å²) in [5, 5.41) is 12.8. The molecule has 8 nitrogen and oxygen atoms in total. The Morgan fingerprint density at radius 1 is 1.15 bits per heavy atom. The summed E-state index contributed by atoms with van der Waals surface area (Å²) in [6, 6.07) is 13.4. The first kappa shape index (κ1) is 32.2. The van der Waals surface area contributed by atoms with Crippen LogP contribution in [0.5, 0.6) is 5.75 Å². The summed E-state index contributed by atoms with van der Waals surface area (Å²) in [4.78, 5) is 25.1. The van der Waals surface area contributed by atoms with Gasteiger partial charge in [-0.25, -0.2) is 14.2 Å². The third-order valence-electron chi connectivity index (χ3n) is 11.2. The average molecular weight is 675 g/mol. The van der Waals surface area contributed by atoms with Gasteiger partial charge in [0.1, 0.15) is 11.4 Å². The van der Waals surface area contributed by atoms with Gasteiger partial charge in [-0.15, -0.1) is 0 Å². The van der Waals surface area contributed by atoms with Crippen LogP contribution < -0.4 is 14.4 Å². The van der Waals surface area contributed by atoms with Gasteiger partial charge in [-0.05, 0) is 117 Å². The zero-order chi connectivity index (χ0) is 33.0. The average Bonchev–Trinajstić information content (AvgIpc) is 3.19. The zero-order valence-electron chi connectivity index (χ0n) is 27.0. The van der Waals surface area contributed by atoms with Crippen molar-refractivity contribution in [3.05, 3.63) is 94.5 Å². The number of amides is 1. The van der Waals surface area contributed by atoms with E-state index in [1.54, 1.807) is 24.5 Å². The molecule has 1 amide bonds. The lowest BCUT2D eigenvalue weighted by molar-refractivity contribution is -0.0561. The Morgan fingerprint density at radius 3 is 2.72 bits per heavy atom. The summed E-state index contributed by atoms with van der Waals surface area (Å²) in [5.41, 5.74) is 2.08. The van der Waals surface area contributed by atoms with E-state index in [1.807, 2.05) is 44.2 Å². The number of fused-ring (bicyclic) bond motifs is 4. The van der Waals surface area contributed by atoms with E-state index in [2.05, 4.69) is 37.6 Å². The van der Waals surface area contributed by atoms with Crippen LogP contribution in [-0.2, 0) is 27.1 Å². The van der Waals surface area contributed by atoms with Crippen molar-refractivity contribution in [3.8, 4) is 5.75 Å². The van der Waals surface area contributed by atoms with E-state index < -0.39 is 26.5 Å². The molecule has 7 atom stereocenters. The number of ether oxygens (including phenoxy) is 1. The molecule has 1 unspecified atom stereocenters. The standard InChI is InChI=1S/C37H43ClN4O4S/c1-24-7-4-16-37(44,35-39-17-6-18-40-35)31-12-9-28(31)21-42-22-36(15-5-8-26-19-29(38)11-13-30(26)36)23-46-33-14-10-27(20-32(33)42)34(43)41-47(3,45)25(24)2/h4,6,10-11,13-14,16-20,24-25,28,31,44H,3,5,7-9,12,15,21-23H2,1-2H3,(H,41,43,45)/b16-4+/t24-,25+,28-,31+,36-,37+,47?/m0/s1. The summed E-state index contributed by atoms with van der Waals surface area (Å²) in [5.74, 6) is 4.59. The molecule has 2 aliphatic carbocycles. The fraction of sp³-hybridized carbons (Fsp3) is 0.459. The third-order valence-corrected chi connectivity index (χ3v) is 13.6. The number of allylic oxidation sites excluding steroid dienone is 1. The van der Waals surface area contributed by atoms with Crippen LogP contribution in [0.15, 0.2) is 67.0 Å². The van der Waals surface area contributed by atoms with Crippen molar-refractivity contribution < 1.29 is 18.8 Å². The van der Waals surface area contributed by atoms with Gasteiger partial charge in [0.2, 0.25) is 0 Å². The lowest BCUT2D eigenvalue weighted by Crippen LogP contribution is -2.52. The molecule has 248 valence electrons. The predicted molar refractivity (Wildman–Crippen MR) is 187 cm³/mol. The van der Waals surface area contributed by atoms with E-state index in [9.17, 15) is 14.1 Å². The summed E-state index contributed by atoms with van der Waals surface area (Å²) in [6.07, 6.45) is 12.4. The molecule has 1 fully saturated rings. The molecule has 10 heteroatoms. The topological polar surface area (TPSA) is 105 Å². The normalized spacial score (nSPS) is 34.6. The van der Waals surface area contributed by atoms with Gasteiger partial charge < -0.3 is 14.7 Å². The second-order valence-electron chi connectivity index (χ2n) is 14.1. The van der Waals surface area contributed by atoms with Crippen molar-refractivity contribution in [2.24, 2.45) is 17.8 Å². The third kappa shape index (κ3) is 5.85. The highest BCUT2D eigenvalue weighted by molar-refractivity contribution is 7.99. The Hall–Kier alpha value is -3.40. The maximum atomic E-state index is 13.8. The van der Waals surface area contributed by atoms with Gasteiger partial charge in [-0.2, -0.15) is 0 Å².